The molecule has 1 aliphatic heterocycles. The van der Waals surface area contributed by atoms with Crippen molar-refractivity contribution in [1.82, 2.24) is 20.2 Å². The van der Waals surface area contributed by atoms with Gasteiger partial charge in [-0.2, -0.15) is 0 Å². The van der Waals surface area contributed by atoms with Gasteiger partial charge in [0.05, 0.1) is 23.7 Å². The van der Waals surface area contributed by atoms with Gasteiger partial charge < -0.3 is 15.1 Å². The molecule has 2 heterocycles. The van der Waals surface area contributed by atoms with Crippen molar-refractivity contribution in [3.05, 3.63) is 53.0 Å². The topological polar surface area (TPSA) is 61.4 Å². The van der Waals surface area contributed by atoms with Gasteiger partial charge >= 0.3 is 0 Å². The van der Waals surface area contributed by atoms with Crippen LogP contribution in [0.4, 0.5) is 5.82 Å². The molecule has 6 nitrogen and oxygen atoms in total. The minimum Gasteiger partial charge on any atom is -0.363 e. The quantitative estimate of drug-likeness (QED) is 0.739. The molecule has 0 bridgehead atoms. The molecule has 2 aliphatic rings. The highest BCUT2D eigenvalue weighted by molar-refractivity contribution is 5.88. The summed E-state index contributed by atoms with van der Waals surface area (Å²) in [6, 6.07) is 10.8. The smallest absolute Gasteiger partial charge is 0.233 e. The number of nitrogens with one attached hydrogen (secondary N) is 1. The number of amides is 1. The van der Waals surface area contributed by atoms with Crippen LogP contribution in [0.1, 0.15) is 73.6 Å². The summed E-state index contributed by atoms with van der Waals surface area (Å²) in [7, 11) is 5.93. The van der Waals surface area contributed by atoms with Crippen molar-refractivity contribution < 1.29 is 4.79 Å². The van der Waals surface area contributed by atoms with Crippen LogP contribution in [0, 0.1) is 6.92 Å². The van der Waals surface area contributed by atoms with E-state index in [-0.39, 0.29) is 11.9 Å². The van der Waals surface area contributed by atoms with Gasteiger partial charge in [0.2, 0.25) is 5.91 Å². The van der Waals surface area contributed by atoms with Crippen LogP contribution in [-0.2, 0) is 16.8 Å². The number of rotatable bonds is 6. The van der Waals surface area contributed by atoms with Crippen LogP contribution in [0.5, 0.6) is 0 Å². The van der Waals surface area contributed by atoms with Crippen molar-refractivity contribution in [2.24, 2.45) is 0 Å². The molecule has 1 unspecified atom stereocenters. The fourth-order valence-corrected chi connectivity index (χ4v) is 5.21. The van der Waals surface area contributed by atoms with Gasteiger partial charge in [0.15, 0.2) is 0 Å². The van der Waals surface area contributed by atoms with Crippen LogP contribution in [0.2, 0.25) is 0 Å². The number of nitrogens with zero attached hydrogens (tertiary/aromatic N) is 4. The molecule has 172 valence electrons. The number of benzene rings is 1. The Hall–Kier alpha value is -2.47. The molecule has 1 aromatic heterocycles. The second-order valence-corrected chi connectivity index (χ2v) is 9.79. The van der Waals surface area contributed by atoms with Crippen LogP contribution in [0.25, 0.3) is 0 Å². The van der Waals surface area contributed by atoms with Crippen LogP contribution in [0.3, 0.4) is 0 Å². The van der Waals surface area contributed by atoms with E-state index >= 15 is 0 Å². The molecule has 1 atom stereocenters. The van der Waals surface area contributed by atoms with Crippen LogP contribution < -0.4 is 10.2 Å². The first-order valence-electron chi connectivity index (χ1n) is 12.0. The number of hydrogen-bond acceptors (Lipinski definition) is 5. The van der Waals surface area contributed by atoms with Gasteiger partial charge in [-0.1, -0.05) is 49.1 Å². The van der Waals surface area contributed by atoms with Crippen molar-refractivity contribution >= 4 is 11.7 Å². The first-order valence-corrected chi connectivity index (χ1v) is 12.0. The molecule has 1 saturated heterocycles. The third-order valence-electron chi connectivity index (χ3n) is 7.08. The molecular formula is C26H37N5O. The second-order valence-electron chi connectivity index (χ2n) is 9.79. The Bertz CT molecular complexity index is 928. The lowest BCUT2D eigenvalue weighted by Gasteiger charge is -2.39. The lowest BCUT2D eigenvalue weighted by atomic mass is 9.68. The van der Waals surface area contributed by atoms with E-state index in [2.05, 4.69) is 36.5 Å². The highest BCUT2D eigenvalue weighted by Gasteiger charge is 2.42. The molecule has 1 saturated carbocycles. The number of hydrogen-bond donors (Lipinski definition) is 1. The van der Waals surface area contributed by atoms with Crippen molar-refractivity contribution in [2.45, 2.75) is 69.9 Å². The summed E-state index contributed by atoms with van der Waals surface area (Å²) in [4.78, 5) is 27.5. The third kappa shape index (κ3) is 4.65. The Morgan fingerprint density at radius 2 is 1.78 bits per heavy atom. The Kier molecular flexibility index (Phi) is 6.79. The number of anilines is 1. The van der Waals surface area contributed by atoms with Gasteiger partial charge in [0, 0.05) is 27.2 Å². The minimum atomic E-state index is -0.423. The van der Waals surface area contributed by atoms with Gasteiger partial charge in [-0.05, 0) is 44.7 Å². The molecular weight excluding hydrogens is 398 g/mol. The predicted molar refractivity (Wildman–Crippen MR) is 129 cm³/mol. The molecule has 2 aromatic rings. The van der Waals surface area contributed by atoms with E-state index in [0.29, 0.717) is 6.54 Å². The average molecular weight is 436 g/mol. The van der Waals surface area contributed by atoms with E-state index in [1.165, 1.54) is 12.0 Å². The lowest BCUT2D eigenvalue weighted by Crippen LogP contribution is -2.46. The minimum absolute atomic E-state index is 0.201. The zero-order chi connectivity index (χ0) is 22.7. The normalized spacial score (nSPS) is 20.2. The summed E-state index contributed by atoms with van der Waals surface area (Å²) in [5.41, 5.74) is 2.87. The van der Waals surface area contributed by atoms with Gasteiger partial charge in [-0.25, -0.2) is 9.97 Å². The standard InChI is InChI=1S/C26H37N5O/c1-19-10-12-20(13-11-19)26(14-6-5-7-15-26)25(32)31(4)18-21-17-23(30(2)3)29-24(28-21)22-9-8-16-27-22/h10-13,17,22,27H,5-9,14-16,18H2,1-4H3. The molecule has 0 radical (unpaired) electrons. The highest BCUT2D eigenvalue weighted by Crippen LogP contribution is 2.41. The molecule has 32 heavy (non-hydrogen) atoms. The van der Waals surface area contributed by atoms with Crippen molar-refractivity contribution in [3.63, 3.8) is 0 Å². The predicted octanol–water partition coefficient (Wildman–Crippen LogP) is 4.14. The summed E-state index contributed by atoms with van der Waals surface area (Å²) in [5.74, 6) is 1.95. The lowest BCUT2D eigenvalue weighted by molar-refractivity contribution is -0.138. The number of aromatic nitrogens is 2. The molecule has 1 aliphatic carbocycles. The fraction of sp³-hybridized carbons (Fsp3) is 0.577. The maximum Gasteiger partial charge on any atom is 0.233 e. The SMILES string of the molecule is Cc1ccc(C2(C(=O)N(C)Cc3cc(N(C)C)nc(C4CCCN4)n3)CCCCC2)cc1. The average Bonchev–Trinajstić information content (AvgIpc) is 3.34. The van der Waals surface area contributed by atoms with E-state index in [0.717, 1.165) is 68.0 Å². The second kappa shape index (κ2) is 9.57. The van der Waals surface area contributed by atoms with E-state index in [1.54, 1.807) is 0 Å². The zero-order valence-electron chi connectivity index (χ0n) is 20.0. The molecule has 1 aromatic carbocycles. The number of likely N-dealkylation sites (N-methyl/N-ethyl adjacent to an activating group) is 1. The van der Waals surface area contributed by atoms with E-state index in [1.807, 2.05) is 37.0 Å². The molecule has 1 N–H and O–H groups in total. The van der Waals surface area contributed by atoms with E-state index in [4.69, 9.17) is 9.97 Å². The van der Waals surface area contributed by atoms with Crippen LogP contribution >= 0.6 is 0 Å². The maximum absolute atomic E-state index is 13.9. The van der Waals surface area contributed by atoms with Gasteiger partial charge in [0.1, 0.15) is 11.6 Å². The van der Waals surface area contributed by atoms with Crippen molar-refractivity contribution in [3.8, 4) is 0 Å². The first kappa shape index (κ1) is 22.7. The summed E-state index contributed by atoms with van der Waals surface area (Å²) >= 11 is 0. The molecule has 4 rings (SSSR count). The molecule has 1 amide bonds. The van der Waals surface area contributed by atoms with E-state index in [9.17, 15) is 4.79 Å². The van der Waals surface area contributed by atoms with Crippen molar-refractivity contribution in [1.29, 1.82) is 0 Å². The monoisotopic (exact) mass is 435 g/mol. The van der Waals surface area contributed by atoms with Gasteiger partial charge in [0.25, 0.3) is 0 Å². The highest BCUT2D eigenvalue weighted by atomic mass is 16.2. The summed E-state index contributed by atoms with van der Waals surface area (Å²) in [6.45, 7) is 3.60. The third-order valence-corrected chi connectivity index (χ3v) is 7.08. The summed E-state index contributed by atoms with van der Waals surface area (Å²) in [6.07, 6.45) is 7.45. The summed E-state index contributed by atoms with van der Waals surface area (Å²) < 4.78 is 0. The number of carbonyl (C=O) groups excluding carboxylic acids is 1. The van der Waals surface area contributed by atoms with E-state index < -0.39 is 5.41 Å². The van der Waals surface area contributed by atoms with Crippen LogP contribution in [-0.4, -0.2) is 48.5 Å². The fourth-order valence-electron chi connectivity index (χ4n) is 5.21. The zero-order valence-corrected chi connectivity index (χ0v) is 20.0. The Balaban J connectivity index is 1.61. The Morgan fingerprint density at radius 1 is 1.06 bits per heavy atom. The van der Waals surface area contributed by atoms with Crippen molar-refractivity contribution in [2.75, 3.05) is 32.6 Å². The Labute approximate surface area is 192 Å². The van der Waals surface area contributed by atoms with Crippen LogP contribution in [0.15, 0.2) is 30.3 Å². The first-order chi connectivity index (χ1) is 15.4. The molecule has 2 fully saturated rings. The molecule has 6 heteroatoms. The van der Waals surface area contributed by atoms with Gasteiger partial charge in [-0.15, -0.1) is 0 Å². The maximum atomic E-state index is 13.9. The molecule has 0 spiro atoms. The van der Waals surface area contributed by atoms with Gasteiger partial charge in [-0.3, -0.25) is 4.79 Å². The summed E-state index contributed by atoms with van der Waals surface area (Å²) in [5, 5.41) is 3.50. The Morgan fingerprint density at radius 3 is 2.41 bits per heavy atom. The number of carbonyl (C=O) groups is 1. The largest absolute Gasteiger partial charge is 0.363 e. The number of aryl methyl sites for hydroxylation is 1.